The van der Waals surface area contributed by atoms with Gasteiger partial charge < -0.3 is 9.15 Å². The molecule has 28 heavy (non-hydrogen) atoms. The van der Waals surface area contributed by atoms with Crippen LogP contribution < -0.4 is 4.74 Å². The van der Waals surface area contributed by atoms with Gasteiger partial charge in [-0.1, -0.05) is 28.1 Å². The number of ether oxygens (including phenoxy) is 1. The third kappa shape index (κ3) is 4.63. The van der Waals surface area contributed by atoms with Crippen molar-refractivity contribution in [2.45, 2.75) is 6.61 Å². The second-order valence-corrected chi connectivity index (χ2v) is 8.82. The zero-order valence-electron chi connectivity index (χ0n) is 14.5. The maximum Gasteiger partial charge on any atom is 0.195 e. The molecule has 6 heteroatoms. The predicted molar refractivity (Wildman–Crippen MR) is 120 cm³/mol. The number of benzene rings is 2. The van der Waals surface area contributed by atoms with Crippen LogP contribution in [0.2, 0.25) is 0 Å². The quantitative estimate of drug-likeness (QED) is 0.196. The molecule has 2 aromatic heterocycles. The van der Waals surface area contributed by atoms with Gasteiger partial charge in [0.1, 0.15) is 23.9 Å². The zero-order valence-corrected chi connectivity index (χ0v) is 18.5. The minimum atomic E-state index is -0.0484. The molecule has 0 spiro atoms. The minimum Gasteiger partial charge on any atom is -0.486 e. The third-order valence-electron chi connectivity index (χ3n) is 4.05. The zero-order chi connectivity index (χ0) is 19.5. The van der Waals surface area contributed by atoms with Crippen molar-refractivity contribution in [3.05, 3.63) is 91.4 Å². The molecule has 0 aliphatic heterocycles. The molecule has 0 N–H and O–H groups in total. The van der Waals surface area contributed by atoms with Crippen LogP contribution in [-0.4, -0.2) is 5.78 Å². The van der Waals surface area contributed by atoms with E-state index in [2.05, 4.69) is 37.9 Å². The largest absolute Gasteiger partial charge is 0.486 e. The molecule has 0 aliphatic carbocycles. The highest BCUT2D eigenvalue weighted by molar-refractivity contribution is 9.10. The molecular formula is C22H14Br2O3S. The summed E-state index contributed by atoms with van der Waals surface area (Å²) in [5, 5.41) is 4.15. The summed E-state index contributed by atoms with van der Waals surface area (Å²) in [7, 11) is 0. The van der Waals surface area contributed by atoms with E-state index in [1.165, 1.54) is 17.4 Å². The van der Waals surface area contributed by atoms with Crippen LogP contribution in [0.25, 0.3) is 16.8 Å². The van der Waals surface area contributed by atoms with Crippen molar-refractivity contribution in [1.29, 1.82) is 0 Å². The first-order valence-electron chi connectivity index (χ1n) is 8.44. The van der Waals surface area contributed by atoms with Gasteiger partial charge in [0, 0.05) is 14.3 Å². The van der Waals surface area contributed by atoms with Crippen molar-refractivity contribution in [1.82, 2.24) is 0 Å². The molecule has 0 amide bonds. The van der Waals surface area contributed by atoms with Gasteiger partial charge in [-0.3, -0.25) is 4.79 Å². The van der Waals surface area contributed by atoms with Gasteiger partial charge >= 0.3 is 0 Å². The first kappa shape index (κ1) is 19.2. The summed E-state index contributed by atoms with van der Waals surface area (Å²) in [5.41, 5.74) is 0. The van der Waals surface area contributed by atoms with Crippen LogP contribution in [0, 0.1) is 0 Å². The number of halogens is 2. The minimum absolute atomic E-state index is 0.0484. The fraction of sp³-hybridized carbons (Fsp3) is 0.0455. The number of rotatable bonds is 6. The van der Waals surface area contributed by atoms with Crippen LogP contribution in [0.1, 0.15) is 21.2 Å². The van der Waals surface area contributed by atoms with Crippen molar-refractivity contribution in [2.24, 2.45) is 0 Å². The van der Waals surface area contributed by atoms with Gasteiger partial charge in [0.05, 0.1) is 4.88 Å². The molecule has 0 aliphatic rings. The summed E-state index contributed by atoms with van der Waals surface area (Å²) in [6, 6.07) is 17.6. The van der Waals surface area contributed by atoms with Gasteiger partial charge in [0.25, 0.3) is 0 Å². The molecule has 0 unspecified atom stereocenters. The normalized spacial score (nSPS) is 11.4. The molecule has 4 rings (SSSR count). The van der Waals surface area contributed by atoms with E-state index < -0.39 is 0 Å². The summed E-state index contributed by atoms with van der Waals surface area (Å²) in [6.45, 7) is 0.321. The molecule has 0 radical (unpaired) electrons. The molecule has 0 saturated carbocycles. The van der Waals surface area contributed by atoms with Crippen molar-refractivity contribution in [3.8, 4) is 5.75 Å². The fourth-order valence-electron chi connectivity index (χ4n) is 2.68. The highest BCUT2D eigenvalue weighted by atomic mass is 79.9. The van der Waals surface area contributed by atoms with Gasteiger partial charge in [-0.2, -0.15) is 0 Å². The Bertz CT molecular complexity index is 1170. The fourth-order valence-corrected chi connectivity index (χ4v) is 4.41. The lowest BCUT2D eigenvalue weighted by atomic mass is 10.1. The van der Waals surface area contributed by atoms with E-state index >= 15 is 0 Å². The van der Waals surface area contributed by atoms with Crippen LogP contribution in [-0.2, 0) is 6.61 Å². The topological polar surface area (TPSA) is 39.4 Å². The summed E-state index contributed by atoms with van der Waals surface area (Å²) >= 11 is 8.24. The van der Waals surface area contributed by atoms with Crippen LogP contribution >= 0.6 is 43.2 Å². The highest BCUT2D eigenvalue weighted by Gasteiger charge is 2.06. The van der Waals surface area contributed by atoms with Crippen molar-refractivity contribution >= 4 is 65.8 Å². The summed E-state index contributed by atoms with van der Waals surface area (Å²) < 4.78 is 13.5. The first-order valence-corrected chi connectivity index (χ1v) is 10.9. The number of hydrogen-bond acceptors (Lipinski definition) is 4. The van der Waals surface area contributed by atoms with E-state index in [-0.39, 0.29) is 5.78 Å². The molecule has 3 nitrogen and oxygen atoms in total. The lowest BCUT2D eigenvalue weighted by Gasteiger charge is -2.06. The first-order chi connectivity index (χ1) is 13.6. The Hall–Kier alpha value is -2.15. The lowest BCUT2D eigenvalue weighted by molar-refractivity contribution is 0.105. The Morgan fingerprint density at radius 1 is 1.00 bits per heavy atom. The van der Waals surface area contributed by atoms with E-state index in [0.717, 1.165) is 25.5 Å². The summed E-state index contributed by atoms with van der Waals surface area (Å²) in [4.78, 5) is 12.8. The molecule has 0 bridgehead atoms. The average molecular weight is 518 g/mol. The van der Waals surface area contributed by atoms with Crippen molar-refractivity contribution < 1.29 is 13.9 Å². The summed E-state index contributed by atoms with van der Waals surface area (Å²) in [5.74, 6) is 2.04. The Balaban J connectivity index is 1.39. The second kappa shape index (κ2) is 8.47. The Kier molecular flexibility index (Phi) is 5.80. The van der Waals surface area contributed by atoms with Crippen molar-refractivity contribution in [2.75, 3.05) is 0 Å². The van der Waals surface area contributed by atoms with Crippen LogP contribution in [0.5, 0.6) is 5.75 Å². The Morgan fingerprint density at radius 2 is 1.82 bits per heavy atom. The Morgan fingerprint density at radius 3 is 2.64 bits per heavy atom. The van der Waals surface area contributed by atoms with E-state index in [9.17, 15) is 4.79 Å². The van der Waals surface area contributed by atoms with E-state index in [1.54, 1.807) is 12.1 Å². The van der Waals surface area contributed by atoms with Gasteiger partial charge in [-0.25, -0.2) is 0 Å². The molecule has 4 aromatic rings. The molecule has 0 atom stereocenters. The SMILES string of the molecule is O=C(/C=C/c1ccc(COc2ccc3cc(Br)ccc3c2)o1)c1cc(Br)cs1. The van der Waals surface area contributed by atoms with Gasteiger partial charge in [-0.15, -0.1) is 11.3 Å². The number of thiophene rings is 1. The van der Waals surface area contributed by atoms with Gasteiger partial charge in [-0.05, 0) is 81.3 Å². The van der Waals surface area contributed by atoms with Crippen LogP contribution in [0.15, 0.2) is 79.4 Å². The van der Waals surface area contributed by atoms with Gasteiger partial charge in [0.2, 0.25) is 0 Å². The molecule has 2 heterocycles. The molecule has 0 fully saturated rings. The van der Waals surface area contributed by atoms with E-state index in [1.807, 2.05) is 47.8 Å². The predicted octanol–water partition coefficient (Wildman–Crippen LogP) is 7.49. The monoisotopic (exact) mass is 516 g/mol. The standard InChI is InChI=1S/C22H14Br2O3S/c23-16-3-1-15-10-19(4-2-14(15)9-16)26-12-20-6-5-18(27-20)7-8-21(25)22-11-17(24)13-28-22/h1-11,13H,12H2/b8-7+. The maximum absolute atomic E-state index is 12.1. The smallest absolute Gasteiger partial charge is 0.195 e. The molecule has 0 saturated heterocycles. The lowest BCUT2D eigenvalue weighted by Crippen LogP contribution is -1.93. The number of allylic oxidation sites excluding steroid dienone is 1. The van der Waals surface area contributed by atoms with Crippen molar-refractivity contribution in [3.63, 3.8) is 0 Å². The number of carbonyl (C=O) groups excluding carboxylic acids is 1. The molecule has 2 aromatic carbocycles. The van der Waals surface area contributed by atoms with E-state index in [0.29, 0.717) is 23.0 Å². The second-order valence-electron chi connectivity index (χ2n) is 6.07. The molecule has 140 valence electrons. The Labute approximate surface area is 182 Å². The van der Waals surface area contributed by atoms with E-state index in [4.69, 9.17) is 9.15 Å². The highest BCUT2D eigenvalue weighted by Crippen LogP contribution is 2.25. The maximum atomic E-state index is 12.1. The average Bonchev–Trinajstić information content (AvgIpc) is 3.33. The number of hydrogen-bond donors (Lipinski definition) is 0. The number of carbonyl (C=O) groups is 1. The number of furan rings is 1. The summed E-state index contributed by atoms with van der Waals surface area (Å²) in [6.07, 6.45) is 3.19. The number of ketones is 1. The number of fused-ring (bicyclic) bond motifs is 1. The van der Waals surface area contributed by atoms with Crippen LogP contribution in [0.4, 0.5) is 0 Å². The third-order valence-corrected chi connectivity index (χ3v) is 6.25. The molecular weight excluding hydrogens is 504 g/mol. The van der Waals surface area contributed by atoms with Crippen LogP contribution in [0.3, 0.4) is 0 Å². The van der Waals surface area contributed by atoms with Gasteiger partial charge in [0.15, 0.2) is 5.78 Å².